The van der Waals surface area contributed by atoms with Crippen LogP contribution in [-0.4, -0.2) is 34.9 Å². The second kappa shape index (κ2) is 5.52. The molecule has 0 saturated carbocycles. The van der Waals surface area contributed by atoms with Gasteiger partial charge in [0, 0.05) is 13.5 Å². The molecular weight excluding hydrogens is 280 g/mol. The summed E-state index contributed by atoms with van der Waals surface area (Å²) in [6.45, 7) is 0. The normalized spacial score (nSPS) is 17.7. The van der Waals surface area contributed by atoms with Crippen molar-refractivity contribution >= 4 is 17.5 Å². The topological polar surface area (TPSA) is 69.6 Å². The summed E-state index contributed by atoms with van der Waals surface area (Å²) >= 11 is 0. The van der Waals surface area contributed by atoms with E-state index in [0.717, 1.165) is 5.56 Å². The molecule has 1 unspecified atom stereocenters. The van der Waals surface area contributed by atoms with Gasteiger partial charge in [0.15, 0.2) is 0 Å². The SMILES string of the molecule is CN1C(=O)c2ccccc2NC(=O)C1Cc1ccc(O)cc1. The number of likely N-dealkylation sites (N-methyl/N-ethyl adjacent to an activating group) is 1. The van der Waals surface area contributed by atoms with Gasteiger partial charge in [-0.05, 0) is 29.8 Å². The van der Waals surface area contributed by atoms with E-state index in [-0.39, 0.29) is 17.6 Å². The number of hydrogen-bond donors (Lipinski definition) is 2. The Hall–Kier alpha value is -2.82. The zero-order valence-electron chi connectivity index (χ0n) is 12.1. The summed E-state index contributed by atoms with van der Waals surface area (Å²) in [5, 5.41) is 12.1. The quantitative estimate of drug-likeness (QED) is 0.891. The number of hydrogen-bond acceptors (Lipinski definition) is 3. The van der Waals surface area contributed by atoms with Gasteiger partial charge in [-0.15, -0.1) is 0 Å². The summed E-state index contributed by atoms with van der Waals surface area (Å²) in [6.07, 6.45) is 0.391. The first-order valence-electron chi connectivity index (χ1n) is 7.01. The molecule has 2 amide bonds. The van der Waals surface area contributed by atoms with Crippen molar-refractivity contribution < 1.29 is 14.7 Å². The van der Waals surface area contributed by atoms with E-state index >= 15 is 0 Å². The van der Waals surface area contributed by atoms with Crippen LogP contribution < -0.4 is 5.32 Å². The van der Waals surface area contributed by atoms with Gasteiger partial charge in [-0.3, -0.25) is 9.59 Å². The largest absolute Gasteiger partial charge is 0.508 e. The van der Waals surface area contributed by atoms with Crippen molar-refractivity contribution in [3.05, 3.63) is 59.7 Å². The molecule has 0 radical (unpaired) electrons. The summed E-state index contributed by atoms with van der Waals surface area (Å²) in [7, 11) is 1.63. The lowest BCUT2D eigenvalue weighted by Gasteiger charge is -2.24. The first kappa shape index (κ1) is 14.1. The number of rotatable bonds is 2. The molecule has 22 heavy (non-hydrogen) atoms. The number of phenolic OH excluding ortho intramolecular Hbond substituents is 1. The number of nitrogens with one attached hydrogen (secondary N) is 1. The fraction of sp³-hybridized carbons (Fsp3) is 0.176. The summed E-state index contributed by atoms with van der Waals surface area (Å²) in [5.74, 6) is -0.225. The Balaban J connectivity index is 1.91. The molecule has 5 heteroatoms. The molecule has 0 fully saturated rings. The second-order valence-electron chi connectivity index (χ2n) is 5.34. The van der Waals surface area contributed by atoms with E-state index in [4.69, 9.17) is 0 Å². The molecule has 0 aromatic heterocycles. The number of benzene rings is 2. The minimum Gasteiger partial charge on any atom is -0.508 e. The van der Waals surface area contributed by atoms with Crippen molar-refractivity contribution in [1.29, 1.82) is 0 Å². The molecule has 0 aliphatic carbocycles. The summed E-state index contributed by atoms with van der Waals surface area (Å²) < 4.78 is 0. The van der Waals surface area contributed by atoms with Gasteiger partial charge in [0.1, 0.15) is 11.8 Å². The Kier molecular flexibility index (Phi) is 3.55. The molecule has 0 saturated heterocycles. The average Bonchev–Trinajstić information content (AvgIpc) is 2.61. The van der Waals surface area contributed by atoms with E-state index in [1.807, 2.05) is 0 Å². The van der Waals surface area contributed by atoms with E-state index in [1.165, 1.54) is 4.90 Å². The summed E-state index contributed by atoms with van der Waals surface area (Å²) in [6, 6.07) is 13.0. The van der Waals surface area contributed by atoms with Crippen LogP contribution in [0.1, 0.15) is 15.9 Å². The van der Waals surface area contributed by atoms with Crippen molar-refractivity contribution in [1.82, 2.24) is 4.90 Å². The van der Waals surface area contributed by atoms with Crippen LogP contribution in [0.4, 0.5) is 5.69 Å². The number of carbonyl (C=O) groups excluding carboxylic acids is 2. The third kappa shape index (κ3) is 2.53. The Morgan fingerprint density at radius 3 is 2.50 bits per heavy atom. The fourth-order valence-corrected chi connectivity index (χ4v) is 2.59. The molecule has 2 aromatic carbocycles. The predicted molar refractivity (Wildman–Crippen MR) is 82.8 cm³/mol. The van der Waals surface area contributed by atoms with E-state index in [1.54, 1.807) is 55.6 Å². The highest BCUT2D eigenvalue weighted by molar-refractivity contribution is 6.09. The van der Waals surface area contributed by atoms with Gasteiger partial charge in [0.05, 0.1) is 11.3 Å². The third-order valence-corrected chi connectivity index (χ3v) is 3.87. The molecule has 1 aliphatic heterocycles. The Labute approximate surface area is 128 Å². The maximum Gasteiger partial charge on any atom is 0.256 e. The molecule has 2 aromatic rings. The Bertz CT molecular complexity index is 725. The van der Waals surface area contributed by atoms with Crippen LogP contribution in [0.5, 0.6) is 5.75 Å². The van der Waals surface area contributed by atoms with Crippen LogP contribution in [0.2, 0.25) is 0 Å². The minimum absolute atomic E-state index is 0.172. The van der Waals surface area contributed by atoms with E-state index in [2.05, 4.69) is 5.32 Å². The van der Waals surface area contributed by atoms with Gasteiger partial charge in [0.2, 0.25) is 5.91 Å². The minimum atomic E-state index is -0.593. The maximum absolute atomic E-state index is 12.5. The molecule has 112 valence electrons. The predicted octanol–water partition coefficient (Wildman–Crippen LogP) is 2.03. The number of fused-ring (bicyclic) bond motifs is 1. The smallest absolute Gasteiger partial charge is 0.256 e. The van der Waals surface area contributed by atoms with Crippen molar-refractivity contribution in [2.45, 2.75) is 12.5 Å². The number of para-hydroxylation sites is 1. The van der Waals surface area contributed by atoms with Crippen LogP contribution in [0.3, 0.4) is 0 Å². The third-order valence-electron chi connectivity index (χ3n) is 3.87. The molecular formula is C17H16N2O3. The average molecular weight is 296 g/mol. The van der Waals surface area contributed by atoms with Crippen LogP contribution >= 0.6 is 0 Å². The molecule has 1 heterocycles. The number of aromatic hydroxyl groups is 1. The maximum atomic E-state index is 12.5. The van der Waals surface area contributed by atoms with E-state index in [0.29, 0.717) is 17.7 Å². The van der Waals surface area contributed by atoms with Crippen LogP contribution in [0.25, 0.3) is 0 Å². The lowest BCUT2D eigenvalue weighted by atomic mass is 10.0. The Morgan fingerprint density at radius 2 is 1.77 bits per heavy atom. The van der Waals surface area contributed by atoms with Gasteiger partial charge >= 0.3 is 0 Å². The van der Waals surface area contributed by atoms with E-state index < -0.39 is 6.04 Å². The van der Waals surface area contributed by atoms with Crippen molar-refractivity contribution in [3.63, 3.8) is 0 Å². The number of anilines is 1. The van der Waals surface area contributed by atoms with Crippen molar-refractivity contribution in [2.24, 2.45) is 0 Å². The molecule has 1 aliphatic rings. The number of phenols is 1. The lowest BCUT2D eigenvalue weighted by Crippen LogP contribution is -2.44. The van der Waals surface area contributed by atoms with Crippen molar-refractivity contribution in [3.8, 4) is 5.75 Å². The van der Waals surface area contributed by atoms with Crippen molar-refractivity contribution in [2.75, 3.05) is 12.4 Å². The number of amides is 2. The van der Waals surface area contributed by atoms with Crippen LogP contribution in [0, 0.1) is 0 Å². The van der Waals surface area contributed by atoms with Crippen LogP contribution in [0.15, 0.2) is 48.5 Å². The monoisotopic (exact) mass is 296 g/mol. The fourth-order valence-electron chi connectivity index (χ4n) is 2.59. The highest BCUT2D eigenvalue weighted by Crippen LogP contribution is 2.24. The van der Waals surface area contributed by atoms with E-state index in [9.17, 15) is 14.7 Å². The molecule has 0 bridgehead atoms. The standard InChI is InChI=1S/C17H16N2O3/c1-19-15(10-11-6-8-12(20)9-7-11)16(21)18-14-5-3-2-4-13(14)17(19)22/h2-9,15,20H,10H2,1H3,(H,18,21). The van der Waals surface area contributed by atoms with Crippen LogP contribution in [-0.2, 0) is 11.2 Å². The first-order chi connectivity index (χ1) is 10.6. The van der Waals surface area contributed by atoms with Gasteiger partial charge in [0.25, 0.3) is 5.91 Å². The van der Waals surface area contributed by atoms with Gasteiger partial charge in [-0.25, -0.2) is 0 Å². The lowest BCUT2D eigenvalue weighted by molar-refractivity contribution is -0.120. The molecule has 0 spiro atoms. The molecule has 5 nitrogen and oxygen atoms in total. The summed E-state index contributed by atoms with van der Waals surface area (Å²) in [5.41, 5.74) is 1.91. The molecule has 3 rings (SSSR count). The number of carbonyl (C=O) groups is 2. The zero-order chi connectivity index (χ0) is 15.7. The van der Waals surface area contributed by atoms with Gasteiger partial charge in [-0.1, -0.05) is 24.3 Å². The first-order valence-corrected chi connectivity index (χ1v) is 7.01. The highest BCUT2D eigenvalue weighted by atomic mass is 16.3. The highest BCUT2D eigenvalue weighted by Gasteiger charge is 2.32. The Morgan fingerprint density at radius 1 is 1.09 bits per heavy atom. The van der Waals surface area contributed by atoms with Gasteiger partial charge < -0.3 is 15.3 Å². The molecule has 2 N–H and O–H groups in total. The number of nitrogens with zero attached hydrogens (tertiary/aromatic N) is 1. The summed E-state index contributed by atoms with van der Waals surface area (Å²) in [4.78, 5) is 26.4. The van der Waals surface area contributed by atoms with Gasteiger partial charge in [-0.2, -0.15) is 0 Å². The zero-order valence-corrected chi connectivity index (χ0v) is 12.1. The second-order valence-corrected chi connectivity index (χ2v) is 5.34. The molecule has 1 atom stereocenters.